The van der Waals surface area contributed by atoms with E-state index in [9.17, 15) is 0 Å². The summed E-state index contributed by atoms with van der Waals surface area (Å²) < 4.78 is 5.08. The first-order valence-corrected chi connectivity index (χ1v) is 7.12. The summed E-state index contributed by atoms with van der Waals surface area (Å²) in [6.45, 7) is 10.2. The van der Waals surface area contributed by atoms with Crippen LogP contribution in [0.1, 0.15) is 13.8 Å². The third-order valence-electron chi connectivity index (χ3n) is 1.89. The van der Waals surface area contributed by atoms with E-state index in [-0.39, 0.29) is 6.04 Å². The Morgan fingerprint density at radius 1 is 1.59 bits per heavy atom. The monoisotopic (exact) mass is 259 g/mol. The van der Waals surface area contributed by atoms with Crippen molar-refractivity contribution in [2.75, 3.05) is 38.3 Å². The van der Waals surface area contributed by atoms with Crippen LogP contribution in [0.4, 0.5) is 0 Å². The Labute approximate surface area is 109 Å². The van der Waals surface area contributed by atoms with Gasteiger partial charge in [-0.15, -0.1) is 6.58 Å². The van der Waals surface area contributed by atoms with Gasteiger partial charge in [0.1, 0.15) is 0 Å². The molecule has 0 aliphatic carbocycles. The smallest absolute Gasteiger partial charge is 0.191 e. The van der Waals surface area contributed by atoms with Crippen molar-refractivity contribution in [3.8, 4) is 0 Å². The lowest BCUT2D eigenvalue weighted by Crippen LogP contribution is -2.44. The molecule has 0 rings (SSSR count). The van der Waals surface area contributed by atoms with E-state index in [1.807, 2.05) is 17.8 Å². The lowest BCUT2D eigenvalue weighted by atomic mass is 10.4. The third-order valence-corrected chi connectivity index (χ3v) is 2.83. The Balaban J connectivity index is 3.93. The van der Waals surface area contributed by atoms with Crippen LogP contribution in [0.3, 0.4) is 0 Å². The van der Waals surface area contributed by atoms with Gasteiger partial charge in [-0.05, 0) is 13.8 Å². The number of thioether (sulfide) groups is 1. The van der Waals surface area contributed by atoms with Gasteiger partial charge in [0.2, 0.25) is 0 Å². The second kappa shape index (κ2) is 11.8. The molecule has 0 aliphatic rings. The van der Waals surface area contributed by atoms with Gasteiger partial charge in [0.25, 0.3) is 0 Å². The van der Waals surface area contributed by atoms with Crippen molar-refractivity contribution in [3.05, 3.63) is 12.7 Å². The normalized spacial score (nSPS) is 13.2. The minimum Gasteiger partial charge on any atom is -0.383 e. The molecule has 0 bridgehead atoms. The summed E-state index contributed by atoms with van der Waals surface area (Å²) in [4.78, 5) is 4.49. The number of methoxy groups -OCH3 is 1. The molecule has 5 heteroatoms. The van der Waals surface area contributed by atoms with Gasteiger partial charge in [0.05, 0.1) is 13.2 Å². The van der Waals surface area contributed by atoms with Crippen molar-refractivity contribution in [2.45, 2.75) is 19.9 Å². The van der Waals surface area contributed by atoms with Crippen molar-refractivity contribution in [2.24, 2.45) is 4.99 Å². The number of aliphatic imine (C=N–C) groups is 1. The van der Waals surface area contributed by atoms with Gasteiger partial charge < -0.3 is 15.4 Å². The van der Waals surface area contributed by atoms with Crippen LogP contribution < -0.4 is 10.6 Å². The summed E-state index contributed by atoms with van der Waals surface area (Å²) in [6, 6.07) is 0.263. The van der Waals surface area contributed by atoms with Gasteiger partial charge in [0.15, 0.2) is 5.96 Å². The first kappa shape index (κ1) is 16.3. The van der Waals surface area contributed by atoms with Crippen molar-refractivity contribution in [1.29, 1.82) is 0 Å². The zero-order valence-corrected chi connectivity index (χ0v) is 12.0. The van der Waals surface area contributed by atoms with Gasteiger partial charge in [-0.2, -0.15) is 11.8 Å². The lowest BCUT2D eigenvalue weighted by Gasteiger charge is -2.16. The fraction of sp³-hybridized carbons (Fsp3) is 0.750. The number of nitrogens with zero attached hydrogens (tertiary/aromatic N) is 1. The second-order valence-corrected chi connectivity index (χ2v) is 4.77. The van der Waals surface area contributed by atoms with Crippen LogP contribution in [0.25, 0.3) is 0 Å². The van der Waals surface area contributed by atoms with Crippen LogP contribution in [0.2, 0.25) is 0 Å². The molecule has 0 saturated heterocycles. The van der Waals surface area contributed by atoms with Crippen LogP contribution in [-0.4, -0.2) is 50.3 Å². The van der Waals surface area contributed by atoms with Crippen LogP contribution in [-0.2, 0) is 4.74 Å². The number of hydrogen-bond acceptors (Lipinski definition) is 3. The Morgan fingerprint density at radius 2 is 2.35 bits per heavy atom. The average molecular weight is 259 g/mol. The first-order chi connectivity index (χ1) is 8.24. The summed E-state index contributed by atoms with van der Waals surface area (Å²) >= 11 is 1.84. The summed E-state index contributed by atoms with van der Waals surface area (Å²) in [7, 11) is 1.70. The van der Waals surface area contributed by atoms with E-state index < -0.39 is 0 Å². The largest absolute Gasteiger partial charge is 0.383 e. The van der Waals surface area contributed by atoms with Gasteiger partial charge in [-0.3, -0.25) is 4.99 Å². The van der Waals surface area contributed by atoms with Crippen LogP contribution in [0, 0.1) is 0 Å². The van der Waals surface area contributed by atoms with Crippen LogP contribution in [0.15, 0.2) is 17.6 Å². The zero-order chi connectivity index (χ0) is 12.9. The molecular formula is C12H25N3OS. The minimum absolute atomic E-state index is 0.263. The molecule has 2 N–H and O–H groups in total. The van der Waals surface area contributed by atoms with Crippen LogP contribution >= 0.6 is 11.8 Å². The maximum atomic E-state index is 5.08. The van der Waals surface area contributed by atoms with Crippen molar-refractivity contribution < 1.29 is 4.74 Å². The average Bonchev–Trinajstić information content (AvgIpc) is 2.29. The zero-order valence-electron chi connectivity index (χ0n) is 11.2. The van der Waals surface area contributed by atoms with Gasteiger partial charge >= 0.3 is 0 Å². The molecule has 1 atom stereocenters. The maximum Gasteiger partial charge on any atom is 0.191 e. The molecule has 17 heavy (non-hydrogen) atoms. The maximum absolute atomic E-state index is 5.08. The molecule has 1 unspecified atom stereocenters. The molecule has 0 aromatic heterocycles. The van der Waals surface area contributed by atoms with Gasteiger partial charge in [-0.25, -0.2) is 0 Å². The summed E-state index contributed by atoms with van der Waals surface area (Å²) in [6.07, 6.45) is 1.92. The Morgan fingerprint density at radius 3 is 2.94 bits per heavy atom. The standard InChI is InChI=1S/C12H25N3OS/c1-5-8-17-9-7-14-12(13-6-2)15-11(3)10-16-4/h5,11H,1,6-10H2,2-4H3,(H2,13,14,15). The summed E-state index contributed by atoms with van der Waals surface area (Å²) in [5, 5.41) is 6.51. The van der Waals surface area contributed by atoms with Crippen molar-refractivity contribution in [1.82, 2.24) is 10.6 Å². The number of ether oxygens (including phenoxy) is 1. The Hall–Kier alpha value is -0.680. The van der Waals surface area contributed by atoms with Crippen molar-refractivity contribution in [3.63, 3.8) is 0 Å². The molecule has 0 heterocycles. The highest BCUT2D eigenvalue weighted by molar-refractivity contribution is 7.99. The minimum atomic E-state index is 0.263. The van der Waals surface area contributed by atoms with E-state index >= 15 is 0 Å². The topological polar surface area (TPSA) is 45.7 Å². The fourth-order valence-electron chi connectivity index (χ4n) is 1.23. The van der Waals surface area contributed by atoms with E-state index in [4.69, 9.17) is 4.74 Å². The molecule has 0 saturated carbocycles. The number of hydrogen-bond donors (Lipinski definition) is 2. The van der Waals surface area contributed by atoms with Gasteiger partial charge in [-0.1, -0.05) is 6.08 Å². The molecule has 0 fully saturated rings. The molecule has 100 valence electrons. The highest BCUT2D eigenvalue weighted by Crippen LogP contribution is 1.98. The Bertz CT molecular complexity index is 222. The molecule has 0 aromatic rings. The molecule has 0 amide bonds. The molecule has 0 aromatic carbocycles. The van der Waals surface area contributed by atoms with E-state index in [0.717, 1.165) is 30.6 Å². The molecule has 0 spiro atoms. The fourth-order valence-corrected chi connectivity index (χ4v) is 1.79. The second-order valence-electron chi connectivity index (χ2n) is 3.62. The van der Waals surface area contributed by atoms with Gasteiger partial charge in [0, 0.05) is 31.2 Å². The number of rotatable bonds is 9. The third kappa shape index (κ3) is 10.2. The quantitative estimate of drug-likeness (QED) is 0.285. The van der Waals surface area contributed by atoms with Crippen molar-refractivity contribution >= 4 is 17.7 Å². The highest BCUT2D eigenvalue weighted by atomic mass is 32.2. The SMILES string of the molecule is C=CCSCCN=C(NCC)NC(C)COC. The van der Waals surface area contributed by atoms with Crippen LogP contribution in [0.5, 0.6) is 0 Å². The van der Waals surface area contributed by atoms with E-state index in [1.165, 1.54) is 0 Å². The Kier molecular flexibility index (Phi) is 11.3. The predicted molar refractivity (Wildman–Crippen MR) is 78.0 cm³/mol. The molecule has 0 radical (unpaired) electrons. The molecule has 4 nitrogen and oxygen atoms in total. The summed E-state index contributed by atoms with van der Waals surface area (Å²) in [5.74, 6) is 2.86. The lowest BCUT2D eigenvalue weighted by molar-refractivity contribution is 0.179. The van der Waals surface area contributed by atoms with E-state index in [0.29, 0.717) is 6.61 Å². The highest BCUT2D eigenvalue weighted by Gasteiger charge is 2.03. The van der Waals surface area contributed by atoms with E-state index in [1.54, 1.807) is 7.11 Å². The predicted octanol–water partition coefficient (Wildman–Crippen LogP) is 1.50. The number of guanidine groups is 1. The molecular weight excluding hydrogens is 234 g/mol. The number of nitrogens with one attached hydrogen (secondary N) is 2. The first-order valence-electron chi connectivity index (χ1n) is 5.97. The summed E-state index contributed by atoms with van der Waals surface area (Å²) in [5.41, 5.74) is 0. The molecule has 0 aliphatic heterocycles. The van der Waals surface area contributed by atoms with E-state index in [2.05, 4.69) is 36.1 Å².